The third-order valence-electron chi connectivity index (χ3n) is 6.17. The molecule has 0 aromatic heterocycles. The van der Waals surface area contributed by atoms with E-state index in [4.69, 9.17) is 4.74 Å². The number of carbonyl (C=O) groups is 1. The Morgan fingerprint density at radius 1 is 0.838 bits per heavy atom. The largest absolute Gasteiger partial charge is 0.508 e. The summed E-state index contributed by atoms with van der Waals surface area (Å²) >= 11 is 0. The van der Waals surface area contributed by atoms with Gasteiger partial charge in [-0.25, -0.2) is 0 Å². The summed E-state index contributed by atoms with van der Waals surface area (Å²) in [7, 11) is 0. The maximum Gasteiger partial charge on any atom is 0.211 e. The van der Waals surface area contributed by atoms with E-state index in [1.165, 1.54) is 0 Å². The summed E-state index contributed by atoms with van der Waals surface area (Å²) in [6.07, 6.45) is 0.628. The number of hydrogen-bond donors (Lipinski definition) is 3. The summed E-state index contributed by atoms with van der Waals surface area (Å²) in [4.78, 5) is 13.5. The lowest BCUT2D eigenvalue weighted by Gasteiger charge is -2.26. The van der Waals surface area contributed by atoms with E-state index in [9.17, 15) is 15.0 Å². The molecule has 6 nitrogen and oxygen atoms in total. The molecule has 0 heterocycles. The third kappa shape index (κ3) is 7.93. The highest BCUT2D eigenvalue weighted by Gasteiger charge is 2.17. The predicted octanol–water partition coefficient (Wildman–Crippen LogP) is 5.32. The summed E-state index contributed by atoms with van der Waals surface area (Å²) in [6, 6.07) is 32.5. The zero-order valence-electron chi connectivity index (χ0n) is 20.7. The Hall–Kier alpha value is -4.13. The Balaban J connectivity index is 1.46. The summed E-state index contributed by atoms with van der Waals surface area (Å²) in [5, 5.41) is 23.4. The summed E-state index contributed by atoms with van der Waals surface area (Å²) < 4.78 is 5.94. The molecule has 0 bridgehead atoms. The van der Waals surface area contributed by atoms with Crippen molar-refractivity contribution in [3.63, 3.8) is 0 Å². The Morgan fingerprint density at radius 2 is 1.51 bits per heavy atom. The minimum atomic E-state index is -0.765. The van der Waals surface area contributed by atoms with Crippen molar-refractivity contribution in [2.45, 2.75) is 25.7 Å². The van der Waals surface area contributed by atoms with Crippen LogP contribution in [0.5, 0.6) is 11.5 Å². The van der Waals surface area contributed by atoms with E-state index in [1.54, 1.807) is 24.3 Å². The second-order valence-electron chi connectivity index (χ2n) is 8.95. The van der Waals surface area contributed by atoms with Crippen molar-refractivity contribution >= 4 is 12.1 Å². The third-order valence-corrected chi connectivity index (χ3v) is 6.17. The predicted molar refractivity (Wildman–Crippen MR) is 145 cm³/mol. The van der Waals surface area contributed by atoms with Crippen molar-refractivity contribution in [3.05, 3.63) is 125 Å². The number of benzene rings is 4. The Bertz CT molecular complexity index is 1250. The molecule has 0 spiro atoms. The molecule has 0 aliphatic carbocycles. The molecule has 0 fully saturated rings. The zero-order chi connectivity index (χ0) is 25.9. The highest BCUT2D eigenvalue weighted by Crippen LogP contribution is 2.29. The van der Waals surface area contributed by atoms with Gasteiger partial charge in [0.15, 0.2) is 0 Å². The number of rotatable bonds is 13. The first-order valence-electron chi connectivity index (χ1n) is 12.3. The minimum Gasteiger partial charge on any atom is -0.508 e. The maximum absolute atomic E-state index is 11.3. The summed E-state index contributed by atoms with van der Waals surface area (Å²) in [6.45, 7) is 2.21. The molecule has 4 aromatic rings. The van der Waals surface area contributed by atoms with E-state index in [2.05, 4.69) is 22.3 Å². The first kappa shape index (κ1) is 25.9. The average Bonchev–Trinajstić information content (AvgIpc) is 2.93. The number of amides is 1. The molecule has 4 aromatic carbocycles. The number of ether oxygens (including phenoxy) is 1. The highest BCUT2D eigenvalue weighted by atomic mass is 16.5. The molecular weight excluding hydrogens is 464 g/mol. The van der Waals surface area contributed by atoms with Gasteiger partial charge in [0.1, 0.15) is 18.1 Å². The van der Waals surface area contributed by atoms with Crippen molar-refractivity contribution < 1.29 is 19.7 Å². The molecule has 0 saturated carbocycles. The molecule has 0 saturated heterocycles. The quantitative estimate of drug-likeness (QED) is 0.218. The van der Waals surface area contributed by atoms with Crippen molar-refractivity contribution in [2.24, 2.45) is 0 Å². The fraction of sp³-hybridized carbons (Fsp3) is 0.194. The van der Waals surface area contributed by atoms with Gasteiger partial charge < -0.3 is 20.3 Å². The van der Waals surface area contributed by atoms with Crippen LogP contribution in [0.15, 0.2) is 103 Å². The molecule has 6 heteroatoms. The SMILES string of the molecule is O=CNc1cc(C(O)CN(CCc2ccc(O)cc2)Cc2ccccc2)ccc1OCc1ccccc1. The van der Waals surface area contributed by atoms with Crippen LogP contribution in [0.4, 0.5) is 5.69 Å². The molecule has 0 radical (unpaired) electrons. The molecule has 0 aliphatic rings. The van der Waals surface area contributed by atoms with Gasteiger partial charge in [-0.2, -0.15) is 0 Å². The van der Waals surface area contributed by atoms with Gasteiger partial charge in [0.2, 0.25) is 6.41 Å². The molecule has 4 rings (SSSR count). The fourth-order valence-electron chi connectivity index (χ4n) is 4.17. The monoisotopic (exact) mass is 496 g/mol. The number of hydrogen-bond acceptors (Lipinski definition) is 5. The number of carbonyl (C=O) groups excluding carboxylic acids is 1. The number of anilines is 1. The Kier molecular flexibility index (Phi) is 9.29. The van der Waals surface area contributed by atoms with Crippen LogP contribution in [-0.2, 0) is 24.4 Å². The number of aliphatic hydroxyl groups excluding tert-OH is 1. The van der Waals surface area contributed by atoms with Crippen LogP contribution < -0.4 is 10.1 Å². The van der Waals surface area contributed by atoms with E-state index >= 15 is 0 Å². The van der Waals surface area contributed by atoms with Crippen molar-refractivity contribution in [3.8, 4) is 11.5 Å². The van der Waals surface area contributed by atoms with Crippen LogP contribution in [0.2, 0.25) is 0 Å². The standard InChI is InChI=1S/C31H32N2O4/c34-23-32-29-19-27(13-16-31(29)37-22-26-9-5-2-6-10-26)30(36)21-33(20-25-7-3-1-4-8-25)18-17-24-11-14-28(35)15-12-24/h1-16,19,23,30,35-36H,17-18,20-22H2,(H,32,34). The molecule has 3 N–H and O–H groups in total. The van der Waals surface area contributed by atoms with Crippen molar-refractivity contribution in [1.82, 2.24) is 4.90 Å². The Morgan fingerprint density at radius 3 is 2.19 bits per heavy atom. The second-order valence-corrected chi connectivity index (χ2v) is 8.95. The molecule has 190 valence electrons. The smallest absolute Gasteiger partial charge is 0.211 e. The van der Waals surface area contributed by atoms with Crippen LogP contribution >= 0.6 is 0 Å². The topological polar surface area (TPSA) is 82.0 Å². The number of nitrogens with one attached hydrogen (secondary N) is 1. The number of aliphatic hydroxyl groups is 1. The molecule has 37 heavy (non-hydrogen) atoms. The highest BCUT2D eigenvalue weighted by molar-refractivity contribution is 5.76. The fourth-order valence-corrected chi connectivity index (χ4v) is 4.17. The van der Waals surface area contributed by atoms with Gasteiger partial charge in [-0.1, -0.05) is 78.9 Å². The lowest BCUT2D eigenvalue weighted by molar-refractivity contribution is -0.105. The zero-order valence-corrected chi connectivity index (χ0v) is 20.7. The van der Waals surface area contributed by atoms with Crippen LogP contribution in [0.25, 0.3) is 0 Å². The minimum absolute atomic E-state index is 0.247. The maximum atomic E-state index is 11.3. The van der Waals surface area contributed by atoms with Gasteiger partial charge >= 0.3 is 0 Å². The molecule has 1 amide bonds. The van der Waals surface area contributed by atoms with Gasteiger partial charge in [-0.05, 0) is 52.9 Å². The van der Waals surface area contributed by atoms with Crippen molar-refractivity contribution in [1.29, 1.82) is 0 Å². The van der Waals surface area contributed by atoms with Crippen LogP contribution in [0.1, 0.15) is 28.4 Å². The normalized spacial score (nSPS) is 11.7. The Labute approximate surface area is 217 Å². The lowest BCUT2D eigenvalue weighted by atomic mass is 10.1. The number of phenolic OH excluding ortho intramolecular Hbond substituents is 1. The van der Waals surface area contributed by atoms with E-state index < -0.39 is 6.10 Å². The van der Waals surface area contributed by atoms with Crippen LogP contribution in [-0.4, -0.2) is 34.6 Å². The van der Waals surface area contributed by atoms with E-state index in [-0.39, 0.29) is 5.75 Å². The molecule has 1 atom stereocenters. The van der Waals surface area contributed by atoms with E-state index in [1.807, 2.05) is 66.7 Å². The number of aromatic hydroxyl groups is 1. The molecule has 0 aliphatic heterocycles. The van der Waals surface area contributed by atoms with Gasteiger partial charge in [0, 0.05) is 19.6 Å². The number of phenols is 1. The summed E-state index contributed by atoms with van der Waals surface area (Å²) in [5.41, 5.74) is 4.50. The van der Waals surface area contributed by atoms with Gasteiger partial charge in [-0.15, -0.1) is 0 Å². The van der Waals surface area contributed by atoms with E-state index in [0.717, 1.165) is 29.7 Å². The van der Waals surface area contributed by atoms with Crippen molar-refractivity contribution in [2.75, 3.05) is 18.4 Å². The first-order chi connectivity index (χ1) is 18.1. The molecule has 1 unspecified atom stereocenters. The average molecular weight is 497 g/mol. The van der Waals surface area contributed by atoms with E-state index in [0.29, 0.717) is 43.1 Å². The first-order valence-corrected chi connectivity index (χ1v) is 12.3. The van der Waals surface area contributed by atoms with Crippen LogP contribution in [0, 0.1) is 0 Å². The second kappa shape index (κ2) is 13.3. The van der Waals surface area contributed by atoms with Crippen LogP contribution in [0.3, 0.4) is 0 Å². The number of nitrogens with zero attached hydrogens (tertiary/aromatic N) is 1. The lowest BCUT2D eigenvalue weighted by Crippen LogP contribution is -2.30. The van der Waals surface area contributed by atoms with Gasteiger partial charge in [0.25, 0.3) is 0 Å². The van der Waals surface area contributed by atoms with Gasteiger partial charge in [-0.3, -0.25) is 9.69 Å². The van der Waals surface area contributed by atoms with Gasteiger partial charge in [0.05, 0.1) is 11.8 Å². The molecular formula is C31H32N2O4. The summed E-state index contributed by atoms with van der Waals surface area (Å²) in [5.74, 6) is 0.789.